The lowest BCUT2D eigenvalue weighted by Gasteiger charge is -2.30. The monoisotopic (exact) mass is 334 g/mol. The molecular formula is C16H22N4O2S. The van der Waals surface area contributed by atoms with Crippen molar-refractivity contribution >= 4 is 23.2 Å². The first-order valence-electron chi connectivity index (χ1n) is 7.85. The van der Waals surface area contributed by atoms with E-state index in [1.165, 1.54) is 11.3 Å². The molecule has 0 saturated carbocycles. The van der Waals surface area contributed by atoms with Crippen LogP contribution in [0.2, 0.25) is 0 Å². The van der Waals surface area contributed by atoms with E-state index in [0.717, 1.165) is 31.6 Å². The Kier molecular flexibility index (Phi) is 4.39. The first-order chi connectivity index (χ1) is 10.9. The Labute approximate surface area is 139 Å². The lowest BCUT2D eigenvalue weighted by Crippen LogP contribution is -2.40. The first-order valence-corrected chi connectivity index (χ1v) is 8.73. The van der Waals surface area contributed by atoms with Gasteiger partial charge in [-0.1, -0.05) is 25.9 Å². The zero-order valence-electron chi connectivity index (χ0n) is 13.7. The summed E-state index contributed by atoms with van der Waals surface area (Å²) in [4.78, 5) is 18.8. The minimum absolute atomic E-state index is 0.0902. The van der Waals surface area contributed by atoms with Gasteiger partial charge >= 0.3 is 6.03 Å². The maximum Gasteiger partial charge on any atom is 0.323 e. The van der Waals surface area contributed by atoms with Crippen LogP contribution < -0.4 is 5.32 Å². The molecule has 1 fully saturated rings. The molecule has 0 spiro atoms. The number of amides is 2. The van der Waals surface area contributed by atoms with E-state index in [0.29, 0.717) is 11.7 Å². The number of piperidine rings is 1. The van der Waals surface area contributed by atoms with Crippen molar-refractivity contribution in [2.24, 2.45) is 0 Å². The highest BCUT2D eigenvalue weighted by Gasteiger charge is 2.27. The fourth-order valence-electron chi connectivity index (χ4n) is 2.61. The topological polar surface area (TPSA) is 71.3 Å². The number of carbonyl (C=O) groups is 1. The lowest BCUT2D eigenvalue weighted by molar-refractivity contribution is 0.194. The van der Waals surface area contributed by atoms with Crippen LogP contribution in [-0.2, 0) is 5.41 Å². The van der Waals surface area contributed by atoms with E-state index in [-0.39, 0.29) is 11.4 Å². The fourth-order valence-corrected chi connectivity index (χ4v) is 3.83. The van der Waals surface area contributed by atoms with Gasteiger partial charge in [-0.3, -0.25) is 5.32 Å². The van der Waals surface area contributed by atoms with Gasteiger partial charge in [-0.2, -0.15) is 0 Å². The highest BCUT2D eigenvalue weighted by atomic mass is 32.1. The largest absolute Gasteiger partial charge is 0.363 e. The van der Waals surface area contributed by atoms with Crippen molar-refractivity contribution in [1.29, 1.82) is 0 Å². The summed E-state index contributed by atoms with van der Waals surface area (Å²) in [5, 5.41) is 9.80. The van der Waals surface area contributed by atoms with Crippen LogP contribution in [0.25, 0.3) is 0 Å². The zero-order valence-corrected chi connectivity index (χ0v) is 14.5. The number of nitrogens with zero attached hydrogens (tertiary/aromatic N) is 3. The minimum atomic E-state index is -0.119. The van der Waals surface area contributed by atoms with Crippen LogP contribution in [0.5, 0.6) is 0 Å². The molecule has 0 bridgehead atoms. The summed E-state index contributed by atoms with van der Waals surface area (Å²) in [6, 6.07) is 1.51. The van der Waals surface area contributed by atoms with E-state index < -0.39 is 0 Å². The molecule has 2 aromatic heterocycles. The third-order valence-electron chi connectivity index (χ3n) is 4.09. The van der Waals surface area contributed by atoms with Crippen molar-refractivity contribution in [3.63, 3.8) is 0 Å². The predicted molar refractivity (Wildman–Crippen MR) is 89.9 cm³/mol. The van der Waals surface area contributed by atoms with E-state index in [4.69, 9.17) is 9.51 Å². The second-order valence-corrected chi connectivity index (χ2v) is 7.79. The SMILES string of the molecule is CC(C)(C)c1csc(C2CCN(C(=O)Nc3ccon3)CC2)n1. The van der Waals surface area contributed by atoms with Gasteiger partial charge < -0.3 is 9.42 Å². The van der Waals surface area contributed by atoms with Gasteiger partial charge in [0, 0.05) is 35.9 Å². The summed E-state index contributed by atoms with van der Waals surface area (Å²) >= 11 is 1.74. The molecule has 1 N–H and O–H groups in total. The first kappa shape index (κ1) is 16.0. The molecule has 0 aromatic carbocycles. The van der Waals surface area contributed by atoms with Crippen LogP contribution in [0.1, 0.15) is 50.2 Å². The minimum Gasteiger partial charge on any atom is -0.363 e. The highest BCUT2D eigenvalue weighted by Crippen LogP contribution is 2.33. The molecular weight excluding hydrogens is 312 g/mol. The Balaban J connectivity index is 1.56. The third-order valence-corrected chi connectivity index (χ3v) is 5.10. The molecule has 0 atom stereocenters. The summed E-state index contributed by atoms with van der Waals surface area (Å²) in [5.41, 5.74) is 1.25. The van der Waals surface area contributed by atoms with Gasteiger partial charge in [-0.25, -0.2) is 9.78 Å². The van der Waals surface area contributed by atoms with Gasteiger partial charge in [-0.05, 0) is 12.8 Å². The Morgan fingerprint density at radius 2 is 2.13 bits per heavy atom. The number of likely N-dealkylation sites (tertiary alicyclic amines) is 1. The smallest absolute Gasteiger partial charge is 0.323 e. The van der Waals surface area contributed by atoms with Crippen LogP contribution >= 0.6 is 11.3 Å². The Hall–Kier alpha value is -1.89. The summed E-state index contributed by atoms with van der Waals surface area (Å²) in [6.45, 7) is 8.02. The van der Waals surface area contributed by atoms with Crippen molar-refractivity contribution in [3.05, 3.63) is 28.4 Å². The number of nitrogens with one attached hydrogen (secondary N) is 1. The molecule has 1 aliphatic rings. The van der Waals surface area contributed by atoms with Crippen LogP contribution in [0.3, 0.4) is 0 Å². The number of hydrogen-bond donors (Lipinski definition) is 1. The normalized spacial score (nSPS) is 16.6. The number of anilines is 1. The van der Waals surface area contributed by atoms with Gasteiger partial charge in [0.05, 0.1) is 10.7 Å². The van der Waals surface area contributed by atoms with Crippen molar-refractivity contribution in [2.75, 3.05) is 18.4 Å². The molecule has 0 radical (unpaired) electrons. The molecule has 7 heteroatoms. The number of urea groups is 1. The molecule has 1 saturated heterocycles. The number of rotatable bonds is 2. The van der Waals surface area contributed by atoms with Gasteiger partial charge in [0.1, 0.15) is 6.26 Å². The van der Waals surface area contributed by atoms with E-state index in [1.807, 2.05) is 4.90 Å². The van der Waals surface area contributed by atoms with E-state index in [9.17, 15) is 4.79 Å². The molecule has 1 aliphatic heterocycles. The highest BCUT2D eigenvalue weighted by molar-refractivity contribution is 7.09. The zero-order chi connectivity index (χ0) is 16.4. The molecule has 3 heterocycles. The molecule has 124 valence electrons. The average Bonchev–Trinajstić information content (AvgIpc) is 3.18. The Morgan fingerprint density at radius 1 is 1.39 bits per heavy atom. The predicted octanol–water partition coefficient (Wildman–Crippen LogP) is 3.84. The molecule has 23 heavy (non-hydrogen) atoms. The Bertz CT molecular complexity index is 652. The van der Waals surface area contributed by atoms with Gasteiger partial charge in [0.25, 0.3) is 0 Å². The standard InChI is InChI=1S/C16H22N4O2S/c1-16(2,3)12-10-23-14(17-12)11-4-7-20(8-5-11)15(21)18-13-6-9-22-19-13/h6,9-11H,4-5,7-8H2,1-3H3,(H,18,19,21). The van der Waals surface area contributed by atoms with E-state index in [1.54, 1.807) is 17.4 Å². The van der Waals surface area contributed by atoms with Crippen molar-refractivity contribution in [2.45, 2.75) is 44.9 Å². The molecule has 3 rings (SSSR count). The molecule has 2 amide bonds. The maximum atomic E-state index is 12.2. The number of aromatic nitrogens is 2. The molecule has 0 aliphatic carbocycles. The fraction of sp³-hybridized carbons (Fsp3) is 0.562. The second-order valence-electron chi connectivity index (χ2n) is 6.90. The number of hydrogen-bond acceptors (Lipinski definition) is 5. The molecule has 6 nitrogen and oxygen atoms in total. The Morgan fingerprint density at radius 3 is 2.70 bits per heavy atom. The molecule has 2 aromatic rings. The number of carbonyl (C=O) groups excluding carboxylic acids is 1. The molecule has 0 unspecified atom stereocenters. The maximum absolute atomic E-state index is 12.2. The third kappa shape index (κ3) is 3.72. The van der Waals surface area contributed by atoms with Crippen molar-refractivity contribution in [1.82, 2.24) is 15.0 Å². The summed E-state index contributed by atoms with van der Waals surface area (Å²) in [6.07, 6.45) is 3.34. The summed E-state index contributed by atoms with van der Waals surface area (Å²) in [7, 11) is 0. The van der Waals surface area contributed by atoms with Crippen LogP contribution in [0.15, 0.2) is 22.2 Å². The second kappa shape index (κ2) is 6.31. The summed E-state index contributed by atoms with van der Waals surface area (Å²) < 4.78 is 4.72. The van der Waals surface area contributed by atoms with E-state index >= 15 is 0 Å². The van der Waals surface area contributed by atoms with Crippen LogP contribution in [-0.4, -0.2) is 34.2 Å². The number of thiazole rings is 1. The lowest BCUT2D eigenvalue weighted by atomic mass is 9.93. The van der Waals surface area contributed by atoms with Crippen molar-refractivity contribution in [3.8, 4) is 0 Å². The average molecular weight is 334 g/mol. The quantitative estimate of drug-likeness (QED) is 0.906. The van der Waals surface area contributed by atoms with Crippen molar-refractivity contribution < 1.29 is 9.32 Å². The van der Waals surface area contributed by atoms with E-state index in [2.05, 4.69) is 36.6 Å². The van der Waals surface area contributed by atoms with Gasteiger partial charge in [-0.15, -0.1) is 11.3 Å². The van der Waals surface area contributed by atoms with Gasteiger partial charge in [0.15, 0.2) is 5.82 Å². The van der Waals surface area contributed by atoms with Gasteiger partial charge in [0.2, 0.25) is 0 Å². The van der Waals surface area contributed by atoms with Crippen LogP contribution in [0, 0.1) is 0 Å². The summed E-state index contributed by atoms with van der Waals surface area (Å²) in [5.74, 6) is 0.902. The van der Waals surface area contributed by atoms with Crippen LogP contribution in [0.4, 0.5) is 10.6 Å².